The zero-order chi connectivity index (χ0) is 12.3. The van der Waals surface area contributed by atoms with Crippen LogP contribution in [0.5, 0.6) is 0 Å². The highest BCUT2D eigenvalue weighted by atomic mass is 35.5. The third-order valence-corrected chi connectivity index (χ3v) is 2.99. The van der Waals surface area contributed by atoms with Gasteiger partial charge in [0.05, 0.1) is 6.61 Å². The maximum atomic E-state index is 6.16. The molecule has 1 atom stereocenters. The van der Waals surface area contributed by atoms with Gasteiger partial charge in [0.1, 0.15) is 0 Å². The fourth-order valence-corrected chi connectivity index (χ4v) is 1.81. The molecule has 0 bridgehead atoms. The molecule has 0 heterocycles. The first-order valence-electron chi connectivity index (χ1n) is 6.07. The molecule has 96 valence electrons. The predicted molar refractivity (Wildman–Crippen MR) is 71.5 cm³/mol. The lowest BCUT2D eigenvalue weighted by molar-refractivity contribution is 0.116. The van der Waals surface area contributed by atoms with Crippen molar-refractivity contribution in [2.75, 3.05) is 20.3 Å². The molecular formula is C14H21ClO2. The molecule has 0 aliphatic heterocycles. The van der Waals surface area contributed by atoms with E-state index in [1.165, 1.54) is 5.56 Å². The molecule has 0 radical (unpaired) electrons. The van der Waals surface area contributed by atoms with Crippen LogP contribution in [0.1, 0.15) is 24.8 Å². The van der Waals surface area contributed by atoms with E-state index < -0.39 is 0 Å². The van der Waals surface area contributed by atoms with Crippen LogP contribution in [-0.4, -0.2) is 25.7 Å². The molecule has 0 aliphatic rings. The highest BCUT2D eigenvalue weighted by Crippen LogP contribution is 2.10. The average Bonchev–Trinajstić information content (AvgIpc) is 2.36. The van der Waals surface area contributed by atoms with Crippen LogP contribution in [0.15, 0.2) is 30.3 Å². The summed E-state index contributed by atoms with van der Waals surface area (Å²) in [6, 6.07) is 10.2. The Morgan fingerprint density at radius 1 is 1.12 bits per heavy atom. The molecule has 2 nitrogen and oxygen atoms in total. The molecule has 0 aromatic heterocycles. The Hall–Kier alpha value is -0.570. The zero-order valence-corrected chi connectivity index (χ0v) is 11.2. The number of halogens is 1. The molecule has 1 aromatic rings. The molecule has 0 saturated carbocycles. The Morgan fingerprint density at radius 2 is 1.88 bits per heavy atom. The van der Waals surface area contributed by atoms with E-state index in [1.807, 2.05) is 18.2 Å². The number of hydrogen-bond donors (Lipinski definition) is 0. The average molecular weight is 257 g/mol. The summed E-state index contributed by atoms with van der Waals surface area (Å²) >= 11 is 6.16. The Morgan fingerprint density at radius 3 is 2.59 bits per heavy atom. The summed E-state index contributed by atoms with van der Waals surface area (Å²) in [5.41, 5.74) is 1.21. The molecule has 0 saturated heterocycles. The van der Waals surface area contributed by atoms with Gasteiger partial charge in [-0.3, -0.25) is 0 Å². The molecule has 3 heteroatoms. The fraction of sp³-hybridized carbons (Fsp3) is 0.571. The van der Waals surface area contributed by atoms with Crippen molar-refractivity contribution >= 4 is 11.6 Å². The van der Waals surface area contributed by atoms with Crippen molar-refractivity contribution in [1.29, 1.82) is 0 Å². The van der Waals surface area contributed by atoms with Crippen LogP contribution in [0.25, 0.3) is 0 Å². The van der Waals surface area contributed by atoms with Gasteiger partial charge in [0.15, 0.2) is 0 Å². The van der Waals surface area contributed by atoms with Crippen LogP contribution in [0.3, 0.4) is 0 Å². The van der Waals surface area contributed by atoms with Gasteiger partial charge in [0, 0.05) is 25.7 Å². The number of ether oxygens (including phenoxy) is 2. The summed E-state index contributed by atoms with van der Waals surface area (Å²) in [5.74, 6) is 0. The Balaban J connectivity index is 2.00. The molecule has 1 unspecified atom stereocenters. The lowest BCUT2D eigenvalue weighted by atomic mass is 10.2. The van der Waals surface area contributed by atoms with Crippen molar-refractivity contribution in [1.82, 2.24) is 0 Å². The molecule has 0 aliphatic carbocycles. The second-order valence-corrected chi connectivity index (χ2v) is 4.68. The van der Waals surface area contributed by atoms with Crippen molar-refractivity contribution in [3.8, 4) is 0 Å². The van der Waals surface area contributed by atoms with E-state index in [4.69, 9.17) is 21.1 Å². The minimum Gasteiger partial charge on any atom is -0.385 e. The van der Waals surface area contributed by atoms with Gasteiger partial charge in [-0.2, -0.15) is 0 Å². The number of hydrogen-bond acceptors (Lipinski definition) is 2. The SMILES string of the molecule is COCCCC(Cl)CCOCc1ccccc1. The third-order valence-electron chi connectivity index (χ3n) is 2.55. The van der Waals surface area contributed by atoms with Gasteiger partial charge in [-0.1, -0.05) is 30.3 Å². The van der Waals surface area contributed by atoms with Crippen LogP contribution in [-0.2, 0) is 16.1 Å². The first-order chi connectivity index (χ1) is 8.33. The van der Waals surface area contributed by atoms with Gasteiger partial charge in [0.25, 0.3) is 0 Å². The Bertz CT molecular complexity index is 277. The zero-order valence-electron chi connectivity index (χ0n) is 10.4. The standard InChI is InChI=1S/C14H21ClO2/c1-16-10-5-8-14(15)9-11-17-12-13-6-3-2-4-7-13/h2-4,6-7,14H,5,8-12H2,1H3. The summed E-state index contributed by atoms with van der Waals surface area (Å²) in [6.45, 7) is 2.17. The minimum atomic E-state index is 0.195. The van der Waals surface area contributed by atoms with Gasteiger partial charge in [-0.15, -0.1) is 11.6 Å². The van der Waals surface area contributed by atoms with E-state index in [-0.39, 0.29) is 5.38 Å². The predicted octanol–water partition coefficient (Wildman–Crippen LogP) is 3.63. The second kappa shape index (κ2) is 9.46. The second-order valence-electron chi connectivity index (χ2n) is 4.06. The Labute approximate surface area is 109 Å². The van der Waals surface area contributed by atoms with E-state index in [9.17, 15) is 0 Å². The van der Waals surface area contributed by atoms with Crippen molar-refractivity contribution < 1.29 is 9.47 Å². The monoisotopic (exact) mass is 256 g/mol. The fourth-order valence-electron chi connectivity index (χ4n) is 1.57. The van der Waals surface area contributed by atoms with Gasteiger partial charge < -0.3 is 9.47 Å². The topological polar surface area (TPSA) is 18.5 Å². The largest absolute Gasteiger partial charge is 0.385 e. The summed E-state index contributed by atoms with van der Waals surface area (Å²) in [5, 5.41) is 0.195. The van der Waals surface area contributed by atoms with Gasteiger partial charge in [-0.25, -0.2) is 0 Å². The molecule has 0 spiro atoms. The molecule has 0 amide bonds. The first kappa shape index (κ1) is 14.5. The number of benzene rings is 1. The van der Waals surface area contributed by atoms with Crippen LogP contribution >= 0.6 is 11.6 Å². The molecule has 1 aromatic carbocycles. The molecular weight excluding hydrogens is 236 g/mol. The van der Waals surface area contributed by atoms with E-state index in [2.05, 4.69) is 12.1 Å². The van der Waals surface area contributed by atoms with Crippen molar-refractivity contribution in [3.05, 3.63) is 35.9 Å². The molecule has 1 rings (SSSR count). The van der Waals surface area contributed by atoms with Crippen LogP contribution in [0, 0.1) is 0 Å². The van der Waals surface area contributed by atoms with Crippen molar-refractivity contribution in [2.24, 2.45) is 0 Å². The third kappa shape index (κ3) is 7.37. The van der Waals surface area contributed by atoms with Crippen molar-refractivity contribution in [2.45, 2.75) is 31.2 Å². The summed E-state index contributed by atoms with van der Waals surface area (Å²) in [4.78, 5) is 0. The first-order valence-corrected chi connectivity index (χ1v) is 6.51. The maximum Gasteiger partial charge on any atom is 0.0716 e. The van der Waals surface area contributed by atoms with E-state index >= 15 is 0 Å². The molecule has 0 fully saturated rings. The van der Waals surface area contributed by atoms with E-state index in [0.717, 1.165) is 32.5 Å². The minimum absolute atomic E-state index is 0.195. The number of alkyl halides is 1. The van der Waals surface area contributed by atoms with Gasteiger partial charge >= 0.3 is 0 Å². The van der Waals surface area contributed by atoms with Crippen LogP contribution in [0.2, 0.25) is 0 Å². The highest BCUT2D eigenvalue weighted by Gasteiger charge is 2.04. The van der Waals surface area contributed by atoms with Crippen LogP contribution < -0.4 is 0 Å². The molecule has 0 N–H and O–H groups in total. The lowest BCUT2D eigenvalue weighted by Gasteiger charge is -2.09. The van der Waals surface area contributed by atoms with E-state index in [1.54, 1.807) is 7.11 Å². The number of rotatable bonds is 9. The van der Waals surface area contributed by atoms with E-state index in [0.29, 0.717) is 6.61 Å². The molecule has 17 heavy (non-hydrogen) atoms. The lowest BCUT2D eigenvalue weighted by Crippen LogP contribution is -2.06. The smallest absolute Gasteiger partial charge is 0.0716 e. The van der Waals surface area contributed by atoms with Gasteiger partial charge in [0.2, 0.25) is 0 Å². The quantitative estimate of drug-likeness (QED) is 0.496. The maximum absolute atomic E-state index is 6.16. The highest BCUT2D eigenvalue weighted by molar-refractivity contribution is 6.20. The normalized spacial score (nSPS) is 12.6. The van der Waals surface area contributed by atoms with Gasteiger partial charge in [-0.05, 0) is 24.8 Å². The summed E-state index contributed by atoms with van der Waals surface area (Å²) < 4.78 is 10.6. The van der Waals surface area contributed by atoms with Crippen molar-refractivity contribution in [3.63, 3.8) is 0 Å². The summed E-state index contributed by atoms with van der Waals surface area (Å²) in [6.07, 6.45) is 2.91. The Kier molecular flexibility index (Phi) is 8.06. The number of methoxy groups -OCH3 is 1. The van der Waals surface area contributed by atoms with Crippen LogP contribution in [0.4, 0.5) is 0 Å². The summed E-state index contributed by atoms with van der Waals surface area (Å²) in [7, 11) is 1.71.